The van der Waals surface area contributed by atoms with E-state index in [1.165, 1.54) is 30.0 Å². The van der Waals surface area contributed by atoms with Gasteiger partial charge in [-0.15, -0.1) is 5.10 Å². The zero-order valence-corrected chi connectivity index (χ0v) is 14.6. The summed E-state index contributed by atoms with van der Waals surface area (Å²) >= 11 is 6.93. The van der Waals surface area contributed by atoms with Crippen LogP contribution in [0.3, 0.4) is 0 Å². The topological polar surface area (TPSA) is 72.7 Å². The Bertz CT molecular complexity index is 889. The van der Waals surface area contributed by atoms with E-state index in [2.05, 4.69) is 20.8 Å². The van der Waals surface area contributed by atoms with E-state index in [-0.39, 0.29) is 10.9 Å². The van der Waals surface area contributed by atoms with Crippen molar-refractivity contribution in [1.29, 1.82) is 0 Å². The van der Waals surface area contributed by atoms with Crippen molar-refractivity contribution in [2.24, 2.45) is 0 Å². The highest BCUT2D eigenvalue weighted by Gasteiger charge is 2.19. The smallest absolute Gasteiger partial charge is 0.237 e. The molecule has 0 fully saturated rings. The summed E-state index contributed by atoms with van der Waals surface area (Å²) in [5.41, 5.74) is 1.22. The van der Waals surface area contributed by atoms with Gasteiger partial charge in [0.25, 0.3) is 0 Å². The molecular formula is C16H13ClFN5OS. The van der Waals surface area contributed by atoms with Gasteiger partial charge < -0.3 is 5.32 Å². The summed E-state index contributed by atoms with van der Waals surface area (Å²) < 4.78 is 14.7. The van der Waals surface area contributed by atoms with Gasteiger partial charge in [-0.3, -0.25) is 4.79 Å². The molecule has 0 saturated heterocycles. The number of carbonyl (C=O) groups excluding carboxylic acids is 1. The second kappa shape index (κ2) is 7.62. The van der Waals surface area contributed by atoms with Crippen LogP contribution in [0, 0.1) is 5.82 Å². The molecule has 1 N–H and O–H groups in total. The Kier molecular flexibility index (Phi) is 5.30. The third kappa shape index (κ3) is 4.15. The summed E-state index contributed by atoms with van der Waals surface area (Å²) in [7, 11) is 0. The van der Waals surface area contributed by atoms with Gasteiger partial charge in [0, 0.05) is 5.69 Å². The van der Waals surface area contributed by atoms with E-state index in [4.69, 9.17) is 11.6 Å². The fourth-order valence-corrected chi connectivity index (χ4v) is 3.00. The first-order valence-corrected chi connectivity index (χ1v) is 8.57. The first-order chi connectivity index (χ1) is 12.0. The van der Waals surface area contributed by atoms with Gasteiger partial charge in [0.15, 0.2) is 0 Å². The molecule has 1 aromatic heterocycles. The first kappa shape index (κ1) is 17.4. The van der Waals surface area contributed by atoms with Crippen molar-refractivity contribution >= 4 is 35.0 Å². The van der Waals surface area contributed by atoms with Crippen LogP contribution in [0.15, 0.2) is 53.7 Å². The minimum absolute atomic E-state index is 0.0499. The maximum absolute atomic E-state index is 13.2. The predicted octanol–water partition coefficient (Wildman–Crippen LogP) is 3.57. The average molecular weight is 378 g/mol. The Morgan fingerprint density at radius 2 is 2.04 bits per heavy atom. The van der Waals surface area contributed by atoms with Crippen LogP contribution in [-0.4, -0.2) is 31.4 Å². The number of para-hydroxylation sites is 1. The molecule has 9 heteroatoms. The fraction of sp³-hybridized carbons (Fsp3) is 0.125. The lowest BCUT2D eigenvalue weighted by Gasteiger charge is -2.12. The number of benzene rings is 2. The molecule has 128 valence electrons. The van der Waals surface area contributed by atoms with E-state index in [9.17, 15) is 9.18 Å². The molecule has 0 aliphatic carbocycles. The molecule has 0 radical (unpaired) electrons. The number of nitrogens with one attached hydrogen (secondary N) is 1. The number of tetrazole rings is 1. The minimum Gasteiger partial charge on any atom is -0.325 e. The van der Waals surface area contributed by atoms with Crippen molar-refractivity contribution in [3.8, 4) is 5.69 Å². The molecule has 0 unspecified atom stereocenters. The maximum Gasteiger partial charge on any atom is 0.237 e. The van der Waals surface area contributed by atoms with E-state index < -0.39 is 11.1 Å². The predicted molar refractivity (Wildman–Crippen MR) is 94.5 cm³/mol. The molecule has 2 aromatic carbocycles. The first-order valence-electron chi connectivity index (χ1n) is 7.31. The molecule has 0 aliphatic heterocycles. The van der Waals surface area contributed by atoms with Gasteiger partial charge in [0.1, 0.15) is 5.82 Å². The van der Waals surface area contributed by atoms with Crippen LogP contribution in [0.25, 0.3) is 5.69 Å². The number of aromatic nitrogens is 4. The Hall–Kier alpha value is -2.45. The van der Waals surface area contributed by atoms with Crippen molar-refractivity contribution in [2.75, 3.05) is 5.32 Å². The molecule has 0 saturated carbocycles. The number of carbonyl (C=O) groups is 1. The second-order valence-corrected chi connectivity index (χ2v) is 6.80. The number of halogens is 2. The van der Waals surface area contributed by atoms with E-state index in [1.54, 1.807) is 11.6 Å². The largest absolute Gasteiger partial charge is 0.325 e. The number of hydrogen-bond donors (Lipinski definition) is 1. The molecule has 0 aliphatic rings. The van der Waals surface area contributed by atoms with E-state index >= 15 is 0 Å². The summed E-state index contributed by atoms with van der Waals surface area (Å²) in [6, 6.07) is 13.4. The zero-order valence-electron chi connectivity index (χ0n) is 13.1. The minimum atomic E-state index is -0.538. The van der Waals surface area contributed by atoms with Gasteiger partial charge >= 0.3 is 0 Å². The Labute approximate surface area is 152 Å². The lowest BCUT2D eigenvalue weighted by atomic mass is 10.3. The molecule has 0 bridgehead atoms. The quantitative estimate of drug-likeness (QED) is 0.688. The van der Waals surface area contributed by atoms with Crippen molar-refractivity contribution in [3.63, 3.8) is 0 Å². The third-order valence-electron chi connectivity index (χ3n) is 3.28. The standard InChI is InChI=1S/C16H13ClFN5OS/c1-10(15(24)19-11-7-8-14(18)13(17)9-11)25-16-20-21-22-23(16)12-5-3-2-4-6-12/h2-10H,1H3,(H,19,24)/t10-/m0/s1. The van der Waals surface area contributed by atoms with Crippen molar-refractivity contribution in [1.82, 2.24) is 20.2 Å². The molecule has 1 atom stereocenters. The molecule has 1 amide bonds. The van der Waals surface area contributed by atoms with Crippen LogP contribution < -0.4 is 5.32 Å². The van der Waals surface area contributed by atoms with Gasteiger partial charge in [-0.1, -0.05) is 41.6 Å². The number of thioether (sulfide) groups is 1. The Morgan fingerprint density at radius 3 is 2.76 bits per heavy atom. The highest BCUT2D eigenvalue weighted by Crippen LogP contribution is 2.25. The fourth-order valence-electron chi connectivity index (χ4n) is 2.01. The van der Waals surface area contributed by atoms with E-state index in [0.717, 1.165) is 5.69 Å². The summed E-state index contributed by atoms with van der Waals surface area (Å²) in [6.45, 7) is 1.73. The van der Waals surface area contributed by atoms with E-state index in [1.807, 2.05) is 30.3 Å². The summed E-state index contributed by atoms with van der Waals surface area (Å²) in [6.07, 6.45) is 0. The van der Waals surface area contributed by atoms with E-state index in [0.29, 0.717) is 10.8 Å². The van der Waals surface area contributed by atoms with Crippen LogP contribution in [0.2, 0.25) is 5.02 Å². The van der Waals surface area contributed by atoms with Crippen LogP contribution in [-0.2, 0) is 4.79 Å². The van der Waals surface area contributed by atoms with Crippen LogP contribution in [0.5, 0.6) is 0 Å². The van der Waals surface area contributed by atoms with Crippen molar-refractivity contribution in [3.05, 3.63) is 59.4 Å². The van der Waals surface area contributed by atoms with Crippen LogP contribution in [0.1, 0.15) is 6.92 Å². The highest BCUT2D eigenvalue weighted by atomic mass is 35.5. The summed E-state index contributed by atoms with van der Waals surface area (Å²) in [5, 5.41) is 14.2. The van der Waals surface area contributed by atoms with Gasteiger partial charge in [-0.2, -0.15) is 4.68 Å². The van der Waals surface area contributed by atoms with Gasteiger partial charge in [0.05, 0.1) is 16.0 Å². The molecular weight excluding hydrogens is 365 g/mol. The molecule has 25 heavy (non-hydrogen) atoms. The summed E-state index contributed by atoms with van der Waals surface area (Å²) in [5.74, 6) is -0.806. The lowest BCUT2D eigenvalue weighted by Crippen LogP contribution is -2.23. The van der Waals surface area contributed by atoms with Crippen LogP contribution in [0.4, 0.5) is 10.1 Å². The number of amides is 1. The number of hydrogen-bond acceptors (Lipinski definition) is 5. The van der Waals surface area contributed by atoms with Gasteiger partial charge in [-0.25, -0.2) is 4.39 Å². The molecule has 6 nitrogen and oxygen atoms in total. The zero-order chi connectivity index (χ0) is 17.8. The number of anilines is 1. The second-order valence-electron chi connectivity index (χ2n) is 5.09. The van der Waals surface area contributed by atoms with Crippen molar-refractivity contribution < 1.29 is 9.18 Å². The molecule has 0 spiro atoms. The summed E-state index contributed by atoms with van der Waals surface area (Å²) in [4.78, 5) is 12.3. The SMILES string of the molecule is C[C@H](Sc1nnnn1-c1ccccc1)C(=O)Nc1ccc(F)c(Cl)c1. The number of rotatable bonds is 5. The Morgan fingerprint density at radius 1 is 1.28 bits per heavy atom. The maximum atomic E-state index is 13.2. The van der Waals surface area contributed by atoms with Crippen LogP contribution >= 0.6 is 23.4 Å². The number of nitrogens with zero attached hydrogens (tertiary/aromatic N) is 4. The van der Waals surface area contributed by atoms with Gasteiger partial charge in [0.2, 0.25) is 11.1 Å². The lowest BCUT2D eigenvalue weighted by molar-refractivity contribution is -0.115. The molecule has 3 aromatic rings. The third-order valence-corrected chi connectivity index (χ3v) is 4.60. The van der Waals surface area contributed by atoms with Gasteiger partial charge in [-0.05, 0) is 47.7 Å². The van der Waals surface area contributed by atoms with Crippen molar-refractivity contribution in [2.45, 2.75) is 17.3 Å². The Balaban J connectivity index is 1.70. The monoisotopic (exact) mass is 377 g/mol. The molecule has 1 heterocycles. The highest BCUT2D eigenvalue weighted by molar-refractivity contribution is 8.00. The average Bonchev–Trinajstić information content (AvgIpc) is 3.07. The normalized spacial score (nSPS) is 12.0. The molecule has 3 rings (SSSR count).